The van der Waals surface area contributed by atoms with Crippen molar-refractivity contribution in [1.82, 2.24) is 0 Å². The maximum atomic E-state index is 11.1. The van der Waals surface area contributed by atoms with Crippen molar-refractivity contribution in [2.45, 2.75) is 101 Å². The summed E-state index contributed by atoms with van der Waals surface area (Å²) < 4.78 is 44.6. The van der Waals surface area contributed by atoms with Crippen molar-refractivity contribution in [2.75, 3.05) is 33.0 Å². The van der Waals surface area contributed by atoms with Crippen LogP contribution in [0.4, 0.5) is 0 Å². The molecule has 0 radical (unpaired) electrons. The molecule has 10 nitrogen and oxygen atoms in total. The van der Waals surface area contributed by atoms with E-state index in [4.69, 9.17) is 33.5 Å². The SMILES string of the molecule is O=P(O)(O)OC[C@H]1OC(O)[C@H](OCCOC2CCCCC2)[C@@H]1OCCOC1CCCCC1. The van der Waals surface area contributed by atoms with E-state index in [1.807, 2.05) is 0 Å². The summed E-state index contributed by atoms with van der Waals surface area (Å²) in [5, 5.41) is 10.3. The summed E-state index contributed by atoms with van der Waals surface area (Å²) >= 11 is 0. The Morgan fingerprint density at radius 3 is 1.69 bits per heavy atom. The summed E-state index contributed by atoms with van der Waals surface area (Å²) in [5.41, 5.74) is 0. The Labute approximate surface area is 190 Å². The van der Waals surface area contributed by atoms with Gasteiger partial charge in [-0.15, -0.1) is 0 Å². The van der Waals surface area contributed by atoms with Crippen LogP contribution in [0.5, 0.6) is 0 Å². The maximum absolute atomic E-state index is 11.1. The van der Waals surface area contributed by atoms with E-state index in [0.29, 0.717) is 13.2 Å². The van der Waals surface area contributed by atoms with Gasteiger partial charge in [0.2, 0.25) is 0 Å². The molecule has 188 valence electrons. The van der Waals surface area contributed by atoms with Gasteiger partial charge in [-0.1, -0.05) is 38.5 Å². The number of hydrogen-bond donors (Lipinski definition) is 3. The van der Waals surface area contributed by atoms with Crippen LogP contribution in [0.25, 0.3) is 0 Å². The van der Waals surface area contributed by atoms with E-state index in [1.165, 1.54) is 38.5 Å². The summed E-state index contributed by atoms with van der Waals surface area (Å²) in [6.07, 6.45) is 8.21. The summed E-state index contributed by atoms with van der Waals surface area (Å²) in [6.45, 7) is 0.873. The van der Waals surface area contributed by atoms with Crippen LogP contribution < -0.4 is 0 Å². The zero-order chi connectivity index (χ0) is 22.8. The molecule has 3 rings (SSSR count). The lowest BCUT2D eigenvalue weighted by Gasteiger charge is -2.26. The second-order valence-corrected chi connectivity index (χ2v) is 10.0. The predicted molar refractivity (Wildman–Crippen MR) is 114 cm³/mol. The second kappa shape index (κ2) is 13.7. The van der Waals surface area contributed by atoms with Gasteiger partial charge in [-0.25, -0.2) is 4.57 Å². The minimum Gasteiger partial charge on any atom is -0.376 e. The number of rotatable bonds is 13. The molecule has 1 aliphatic heterocycles. The Balaban J connectivity index is 1.45. The highest BCUT2D eigenvalue weighted by atomic mass is 31.2. The second-order valence-electron chi connectivity index (χ2n) is 8.78. The van der Waals surface area contributed by atoms with Crippen molar-refractivity contribution in [1.29, 1.82) is 0 Å². The topological polar surface area (TPSA) is 133 Å². The number of hydrogen-bond acceptors (Lipinski definition) is 8. The van der Waals surface area contributed by atoms with Crippen LogP contribution in [0.1, 0.15) is 64.2 Å². The lowest BCUT2D eigenvalue weighted by molar-refractivity contribution is -0.154. The van der Waals surface area contributed by atoms with Crippen LogP contribution in [-0.2, 0) is 32.8 Å². The molecular formula is C21H39O10P. The standard InChI is InChI=1S/C21H39O10P/c22-21-20(29-14-12-27-17-9-5-2-6-10-17)19(18(31-21)15-30-32(23,24)25)28-13-11-26-16-7-3-1-4-8-16/h16-22H,1-15H2,(H2,23,24,25)/t18-,19-,20-,21?/m1/s1. The van der Waals surface area contributed by atoms with Crippen molar-refractivity contribution in [2.24, 2.45) is 0 Å². The van der Waals surface area contributed by atoms with Gasteiger partial charge >= 0.3 is 7.82 Å². The third-order valence-corrected chi connectivity index (χ3v) is 6.78. The third-order valence-electron chi connectivity index (χ3n) is 6.29. The smallest absolute Gasteiger partial charge is 0.376 e. The van der Waals surface area contributed by atoms with E-state index >= 15 is 0 Å². The molecule has 11 heteroatoms. The Morgan fingerprint density at radius 2 is 1.19 bits per heavy atom. The molecule has 3 aliphatic rings. The van der Waals surface area contributed by atoms with Gasteiger partial charge in [-0.3, -0.25) is 4.52 Å². The van der Waals surface area contributed by atoms with Gasteiger partial charge in [0.1, 0.15) is 18.3 Å². The maximum Gasteiger partial charge on any atom is 0.469 e. The van der Waals surface area contributed by atoms with Gasteiger partial charge in [0, 0.05) is 0 Å². The summed E-state index contributed by atoms with van der Waals surface area (Å²) in [5.74, 6) is 0. The number of ether oxygens (including phenoxy) is 5. The first-order chi connectivity index (χ1) is 15.4. The summed E-state index contributed by atoms with van der Waals surface area (Å²) in [6, 6.07) is 0. The first kappa shape index (κ1) is 26.5. The normalized spacial score (nSPS) is 30.7. The minimum atomic E-state index is -4.68. The van der Waals surface area contributed by atoms with E-state index in [1.54, 1.807) is 0 Å². The molecule has 2 aliphatic carbocycles. The fourth-order valence-corrected chi connectivity index (χ4v) is 4.99. The zero-order valence-corrected chi connectivity index (χ0v) is 19.6. The molecular weight excluding hydrogens is 443 g/mol. The predicted octanol–water partition coefficient (Wildman–Crippen LogP) is 2.28. The van der Waals surface area contributed by atoms with Gasteiger partial charge in [0.15, 0.2) is 6.29 Å². The number of phosphoric ester groups is 1. The lowest BCUT2D eigenvalue weighted by atomic mass is 9.98. The van der Waals surface area contributed by atoms with Crippen LogP contribution in [0, 0.1) is 0 Å². The number of aliphatic hydroxyl groups excluding tert-OH is 1. The largest absolute Gasteiger partial charge is 0.469 e. The van der Waals surface area contributed by atoms with E-state index in [2.05, 4.69) is 4.52 Å². The molecule has 0 bridgehead atoms. The third kappa shape index (κ3) is 9.25. The average molecular weight is 483 g/mol. The monoisotopic (exact) mass is 482 g/mol. The van der Waals surface area contributed by atoms with Crippen LogP contribution in [0.15, 0.2) is 0 Å². The lowest BCUT2D eigenvalue weighted by Crippen LogP contribution is -2.40. The van der Waals surface area contributed by atoms with Crippen molar-refractivity contribution in [3.05, 3.63) is 0 Å². The highest BCUT2D eigenvalue weighted by molar-refractivity contribution is 7.46. The molecule has 0 spiro atoms. The van der Waals surface area contributed by atoms with E-state index in [-0.39, 0.29) is 25.4 Å². The van der Waals surface area contributed by atoms with Crippen LogP contribution in [-0.4, -0.2) is 84.7 Å². The number of phosphoric acid groups is 1. The first-order valence-electron chi connectivity index (χ1n) is 11.9. The Kier molecular flexibility index (Phi) is 11.3. The van der Waals surface area contributed by atoms with Crippen LogP contribution in [0.3, 0.4) is 0 Å². The van der Waals surface area contributed by atoms with E-state index in [9.17, 15) is 9.67 Å². The molecule has 1 saturated heterocycles. The van der Waals surface area contributed by atoms with Gasteiger partial charge in [-0.05, 0) is 25.7 Å². The van der Waals surface area contributed by atoms with Crippen LogP contribution in [0.2, 0.25) is 0 Å². The fraction of sp³-hybridized carbons (Fsp3) is 1.00. The highest BCUT2D eigenvalue weighted by Crippen LogP contribution is 2.37. The van der Waals surface area contributed by atoms with E-state index < -0.39 is 39.0 Å². The molecule has 4 atom stereocenters. The Morgan fingerprint density at radius 1 is 0.719 bits per heavy atom. The average Bonchev–Trinajstić information content (AvgIpc) is 3.08. The van der Waals surface area contributed by atoms with Gasteiger partial charge < -0.3 is 38.6 Å². The van der Waals surface area contributed by atoms with E-state index in [0.717, 1.165) is 25.7 Å². The van der Waals surface area contributed by atoms with Gasteiger partial charge in [0.05, 0.1) is 45.2 Å². The minimum absolute atomic E-state index is 0.246. The summed E-state index contributed by atoms with van der Waals surface area (Å²) in [7, 11) is -4.68. The summed E-state index contributed by atoms with van der Waals surface area (Å²) in [4.78, 5) is 18.0. The van der Waals surface area contributed by atoms with Crippen molar-refractivity contribution >= 4 is 7.82 Å². The molecule has 1 heterocycles. The molecule has 0 amide bonds. The molecule has 3 N–H and O–H groups in total. The zero-order valence-electron chi connectivity index (χ0n) is 18.7. The Hall–Kier alpha value is -0.130. The fourth-order valence-electron chi connectivity index (χ4n) is 4.65. The molecule has 3 fully saturated rings. The van der Waals surface area contributed by atoms with Gasteiger partial charge in [0.25, 0.3) is 0 Å². The van der Waals surface area contributed by atoms with Gasteiger partial charge in [-0.2, -0.15) is 0 Å². The molecule has 32 heavy (non-hydrogen) atoms. The highest BCUT2D eigenvalue weighted by Gasteiger charge is 2.46. The van der Waals surface area contributed by atoms with Crippen molar-refractivity contribution in [3.63, 3.8) is 0 Å². The number of aliphatic hydroxyl groups is 1. The molecule has 1 unspecified atom stereocenters. The molecule has 0 aromatic heterocycles. The molecule has 0 aromatic carbocycles. The molecule has 0 aromatic rings. The molecule has 2 saturated carbocycles. The van der Waals surface area contributed by atoms with Crippen molar-refractivity contribution in [3.8, 4) is 0 Å². The quantitative estimate of drug-likeness (QED) is 0.265. The van der Waals surface area contributed by atoms with Crippen molar-refractivity contribution < 1.29 is 47.7 Å². The Bertz CT molecular complexity index is 561. The first-order valence-corrected chi connectivity index (χ1v) is 13.5. The van der Waals surface area contributed by atoms with Crippen LogP contribution >= 0.6 is 7.82 Å².